The van der Waals surface area contributed by atoms with Gasteiger partial charge in [0.1, 0.15) is 5.56 Å². The number of rotatable bonds is 1. The number of hydrogen-bond donors (Lipinski definition) is 0. The van der Waals surface area contributed by atoms with Crippen molar-refractivity contribution in [1.29, 1.82) is 0 Å². The summed E-state index contributed by atoms with van der Waals surface area (Å²) in [5.41, 5.74) is 2.07. The second kappa shape index (κ2) is 4.96. The number of para-hydroxylation sites is 1. The summed E-state index contributed by atoms with van der Waals surface area (Å²) in [4.78, 5) is 26.4. The van der Waals surface area contributed by atoms with Crippen LogP contribution in [0.2, 0.25) is 0 Å². The Hall–Kier alpha value is -2.36. The molecule has 102 valence electrons. The summed E-state index contributed by atoms with van der Waals surface area (Å²) in [7, 11) is 1.66. The van der Waals surface area contributed by atoms with Crippen molar-refractivity contribution in [2.75, 3.05) is 11.4 Å². The zero-order valence-corrected chi connectivity index (χ0v) is 11.4. The highest BCUT2D eigenvalue weighted by Crippen LogP contribution is 2.27. The highest BCUT2D eigenvalue weighted by molar-refractivity contribution is 6.06. The minimum Gasteiger partial charge on any atom is -0.318 e. The first-order chi connectivity index (χ1) is 9.68. The van der Waals surface area contributed by atoms with Crippen LogP contribution in [-0.4, -0.2) is 17.0 Å². The number of anilines is 1. The maximum absolute atomic E-state index is 12.6. The first kappa shape index (κ1) is 12.7. The predicted molar refractivity (Wildman–Crippen MR) is 78.1 cm³/mol. The molecule has 0 unspecified atom stereocenters. The Kier molecular flexibility index (Phi) is 3.14. The minimum atomic E-state index is -0.249. The summed E-state index contributed by atoms with van der Waals surface area (Å²) in [6.07, 6.45) is 3.56. The third kappa shape index (κ3) is 2.03. The Labute approximate surface area is 117 Å². The number of nitrogens with zero attached hydrogens (tertiary/aromatic N) is 2. The van der Waals surface area contributed by atoms with Crippen LogP contribution in [0, 0.1) is 0 Å². The van der Waals surface area contributed by atoms with E-state index in [9.17, 15) is 9.59 Å². The average Bonchev–Trinajstić information content (AvgIpc) is 2.49. The maximum atomic E-state index is 12.6. The molecule has 1 aliphatic heterocycles. The fraction of sp³-hybridized carbons (Fsp3) is 0.250. The average molecular weight is 268 g/mol. The van der Waals surface area contributed by atoms with Gasteiger partial charge in [-0.3, -0.25) is 9.59 Å². The Morgan fingerprint density at radius 3 is 2.80 bits per heavy atom. The van der Waals surface area contributed by atoms with Crippen LogP contribution in [0.4, 0.5) is 5.69 Å². The van der Waals surface area contributed by atoms with Gasteiger partial charge < -0.3 is 9.47 Å². The van der Waals surface area contributed by atoms with Gasteiger partial charge in [0.25, 0.3) is 11.5 Å². The summed E-state index contributed by atoms with van der Waals surface area (Å²) in [6, 6.07) is 11.2. The topological polar surface area (TPSA) is 42.3 Å². The smallest absolute Gasteiger partial charge is 0.263 e. The summed E-state index contributed by atoms with van der Waals surface area (Å²) in [5.74, 6) is -0.210. The molecule has 4 nitrogen and oxygen atoms in total. The number of carbonyl (C=O) groups is 1. The number of fused-ring (bicyclic) bond motifs is 1. The van der Waals surface area contributed by atoms with Gasteiger partial charge in [-0.1, -0.05) is 18.2 Å². The molecule has 2 aromatic rings. The number of amides is 1. The van der Waals surface area contributed by atoms with Crippen molar-refractivity contribution >= 4 is 11.6 Å². The van der Waals surface area contributed by atoms with Gasteiger partial charge in [-0.15, -0.1) is 0 Å². The van der Waals surface area contributed by atoms with Crippen molar-refractivity contribution in [3.8, 4) is 0 Å². The van der Waals surface area contributed by atoms with Crippen LogP contribution in [0.3, 0.4) is 0 Å². The van der Waals surface area contributed by atoms with Crippen molar-refractivity contribution in [3.63, 3.8) is 0 Å². The van der Waals surface area contributed by atoms with Crippen LogP contribution < -0.4 is 10.5 Å². The first-order valence-electron chi connectivity index (χ1n) is 6.74. The second-order valence-electron chi connectivity index (χ2n) is 5.03. The Bertz CT molecular complexity index is 718. The summed E-state index contributed by atoms with van der Waals surface area (Å²) in [6.45, 7) is 0.661. The molecule has 1 aromatic heterocycles. The van der Waals surface area contributed by atoms with E-state index in [2.05, 4.69) is 0 Å². The molecule has 20 heavy (non-hydrogen) atoms. The van der Waals surface area contributed by atoms with Crippen molar-refractivity contribution in [2.24, 2.45) is 7.05 Å². The van der Waals surface area contributed by atoms with Crippen molar-refractivity contribution in [1.82, 2.24) is 4.57 Å². The number of pyridine rings is 1. The molecular weight excluding hydrogens is 252 g/mol. The number of carbonyl (C=O) groups excluding carboxylic acids is 1. The van der Waals surface area contributed by atoms with E-state index in [4.69, 9.17) is 0 Å². The number of aryl methyl sites for hydroxylation is 2. The van der Waals surface area contributed by atoms with Gasteiger partial charge in [-0.05, 0) is 36.6 Å². The molecule has 0 saturated heterocycles. The van der Waals surface area contributed by atoms with E-state index in [1.807, 2.05) is 24.3 Å². The molecule has 0 spiro atoms. The fourth-order valence-corrected chi connectivity index (χ4v) is 2.65. The molecule has 0 radical (unpaired) electrons. The van der Waals surface area contributed by atoms with E-state index in [0.29, 0.717) is 6.54 Å². The molecule has 0 aliphatic carbocycles. The normalized spacial score (nSPS) is 13.9. The summed E-state index contributed by atoms with van der Waals surface area (Å²) < 4.78 is 1.43. The molecule has 0 saturated carbocycles. The number of benzene rings is 1. The van der Waals surface area contributed by atoms with E-state index < -0.39 is 0 Å². The largest absolute Gasteiger partial charge is 0.318 e. The van der Waals surface area contributed by atoms with Gasteiger partial charge in [-0.25, -0.2) is 0 Å². The summed E-state index contributed by atoms with van der Waals surface area (Å²) in [5, 5.41) is 0. The molecule has 2 heterocycles. The van der Waals surface area contributed by atoms with Crippen LogP contribution in [0.15, 0.2) is 47.4 Å². The quantitative estimate of drug-likeness (QED) is 0.793. The SMILES string of the molecule is Cn1cccc(C(=O)N2CCCc3ccccc32)c1=O. The van der Waals surface area contributed by atoms with E-state index in [1.165, 1.54) is 10.1 Å². The molecule has 1 aromatic carbocycles. The highest BCUT2D eigenvalue weighted by Gasteiger charge is 2.24. The molecule has 3 rings (SSSR count). The monoisotopic (exact) mass is 268 g/mol. The van der Waals surface area contributed by atoms with Gasteiger partial charge in [0.15, 0.2) is 0 Å². The van der Waals surface area contributed by atoms with Gasteiger partial charge in [-0.2, -0.15) is 0 Å². The van der Waals surface area contributed by atoms with Crippen LogP contribution in [0.5, 0.6) is 0 Å². The fourth-order valence-electron chi connectivity index (χ4n) is 2.65. The van der Waals surface area contributed by atoms with Gasteiger partial charge in [0.05, 0.1) is 0 Å². The number of aromatic nitrogens is 1. The van der Waals surface area contributed by atoms with E-state index in [1.54, 1.807) is 30.3 Å². The Morgan fingerprint density at radius 2 is 1.95 bits per heavy atom. The molecular formula is C16H16N2O2. The molecule has 0 atom stereocenters. The van der Waals surface area contributed by atoms with E-state index in [0.717, 1.165) is 18.5 Å². The van der Waals surface area contributed by atoms with E-state index in [-0.39, 0.29) is 17.0 Å². The predicted octanol–water partition coefficient (Wildman–Crippen LogP) is 1.98. The zero-order valence-electron chi connectivity index (χ0n) is 11.4. The lowest BCUT2D eigenvalue weighted by Gasteiger charge is -2.29. The minimum absolute atomic E-state index is 0.210. The molecule has 0 bridgehead atoms. The van der Waals surface area contributed by atoms with Crippen LogP contribution in [0.25, 0.3) is 0 Å². The van der Waals surface area contributed by atoms with Crippen LogP contribution in [0.1, 0.15) is 22.3 Å². The van der Waals surface area contributed by atoms with Crippen molar-refractivity contribution in [3.05, 3.63) is 64.1 Å². The Morgan fingerprint density at radius 1 is 1.15 bits per heavy atom. The third-order valence-electron chi connectivity index (χ3n) is 3.71. The van der Waals surface area contributed by atoms with Crippen molar-refractivity contribution in [2.45, 2.75) is 12.8 Å². The van der Waals surface area contributed by atoms with E-state index >= 15 is 0 Å². The van der Waals surface area contributed by atoms with Crippen LogP contribution >= 0.6 is 0 Å². The lowest BCUT2D eigenvalue weighted by molar-refractivity contribution is 0.0983. The lowest BCUT2D eigenvalue weighted by Crippen LogP contribution is -2.39. The van der Waals surface area contributed by atoms with Crippen LogP contribution in [-0.2, 0) is 13.5 Å². The second-order valence-corrected chi connectivity index (χ2v) is 5.03. The molecule has 4 heteroatoms. The first-order valence-corrected chi connectivity index (χ1v) is 6.74. The van der Waals surface area contributed by atoms with Gasteiger partial charge in [0, 0.05) is 25.5 Å². The summed E-state index contributed by atoms with van der Waals surface area (Å²) >= 11 is 0. The zero-order chi connectivity index (χ0) is 14.1. The third-order valence-corrected chi connectivity index (χ3v) is 3.71. The Balaban J connectivity index is 2.04. The maximum Gasteiger partial charge on any atom is 0.263 e. The molecule has 1 amide bonds. The van der Waals surface area contributed by atoms with Gasteiger partial charge >= 0.3 is 0 Å². The van der Waals surface area contributed by atoms with Crippen molar-refractivity contribution < 1.29 is 4.79 Å². The standard InChI is InChI=1S/C16H16N2O2/c1-17-10-5-8-13(15(17)19)16(20)18-11-4-7-12-6-2-3-9-14(12)18/h2-3,5-6,8-10H,4,7,11H2,1H3. The molecule has 0 N–H and O–H groups in total. The molecule has 0 fully saturated rings. The molecule has 1 aliphatic rings. The number of hydrogen-bond acceptors (Lipinski definition) is 2. The highest BCUT2D eigenvalue weighted by atomic mass is 16.2. The van der Waals surface area contributed by atoms with Gasteiger partial charge in [0.2, 0.25) is 0 Å². The lowest BCUT2D eigenvalue weighted by atomic mass is 10.0.